The third-order valence-electron chi connectivity index (χ3n) is 5.96. The highest BCUT2D eigenvalue weighted by atomic mass is 16.5. The van der Waals surface area contributed by atoms with Crippen LogP contribution in [0, 0.1) is 0 Å². The second-order valence-electron chi connectivity index (χ2n) is 8.17. The van der Waals surface area contributed by atoms with E-state index in [9.17, 15) is 14.4 Å². The molecule has 9 nitrogen and oxygen atoms in total. The molecule has 1 atom stereocenters. The molecule has 4 rings (SSSR count). The lowest BCUT2D eigenvalue weighted by Gasteiger charge is -2.27. The summed E-state index contributed by atoms with van der Waals surface area (Å²) in [6.07, 6.45) is 5.35. The molecular weight excluding hydrogens is 460 g/mol. The van der Waals surface area contributed by atoms with Gasteiger partial charge in [-0.3, -0.25) is 14.6 Å². The van der Waals surface area contributed by atoms with Gasteiger partial charge >= 0.3 is 5.97 Å². The normalized spacial score (nSPS) is 11.9. The van der Waals surface area contributed by atoms with Gasteiger partial charge in [-0.1, -0.05) is 12.1 Å². The number of carbonyl (C=O) groups is 1. The average molecular weight is 489 g/mol. The van der Waals surface area contributed by atoms with E-state index in [2.05, 4.69) is 15.3 Å². The SMILES string of the molecule is CCOC(=O)[C@H](Cc1ccc(Oc2nccc3ccncc23)cc1)Nc1c(N(CC)CC)c(=O)c1=O. The number of rotatable bonds is 11. The molecule has 0 saturated heterocycles. The molecule has 1 N–H and O–H groups in total. The fourth-order valence-electron chi connectivity index (χ4n) is 4.07. The van der Waals surface area contributed by atoms with Crippen LogP contribution in [0.15, 0.2) is 64.6 Å². The molecule has 186 valence electrons. The standard InChI is InChI=1S/C27H28N4O5/c1-4-31(5-2)23-22(24(32)25(23)33)30-21(27(34)35-6-3)15-17-7-9-19(10-8-17)36-26-20-16-28-13-11-18(20)12-14-29-26/h7-14,16,21,30H,4-6,15H2,1-3H3/t21-/m0/s1. The summed E-state index contributed by atoms with van der Waals surface area (Å²) in [4.78, 5) is 47.5. The molecule has 0 aliphatic rings. The lowest BCUT2D eigenvalue weighted by Crippen LogP contribution is -2.46. The molecule has 0 aliphatic heterocycles. The smallest absolute Gasteiger partial charge is 0.328 e. The van der Waals surface area contributed by atoms with Crippen LogP contribution in [0.1, 0.15) is 26.3 Å². The zero-order chi connectivity index (χ0) is 25.7. The predicted octanol–water partition coefficient (Wildman–Crippen LogP) is 3.45. The van der Waals surface area contributed by atoms with Crippen LogP contribution in [-0.4, -0.2) is 41.7 Å². The van der Waals surface area contributed by atoms with E-state index in [4.69, 9.17) is 9.47 Å². The molecule has 0 amide bonds. The summed E-state index contributed by atoms with van der Waals surface area (Å²) in [7, 11) is 0. The van der Waals surface area contributed by atoms with E-state index in [-0.39, 0.29) is 18.7 Å². The number of hydrogen-bond acceptors (Lipinski definition) is 9. The molecule has 0 unspecified atom stereocenters. The predicted molar refractivity (Wildman–Crippen MR) is 139 cm³/mol. The van der Waals surface area contributed by atoms with Crippen LogP contribution in [0.3, 0.4) is 0 Å². The van der Waals surface area contributed by atoms with E-state index in [0.29, 0.717) is 30.4 Å². The van der Waals surface area contributed by atoms with Gasteiger partial charge in [-0.15, -0.1) is 0 Å². The third kappa shape index (κ3) is 5.05. The van der Waals surface area contributed by atoms with E-state index in [1.165, 1.54) is 0 Å². The van der Waals surface area contributed by atoms with E-state index >= 15 is 0 Å². The maximum atomic E-state index is 12.7. The second kappa shape index (κ2) is 11.0. The molecular formula is C27H28N4O5. The number of ether oxygens (including phenoxy) is 2. The van der Waals surface area contributed by atoms with Gasteiger partial charge in [0.05, 0.1) is 12.0 Å². The lowest BCUT2D eigenvalue weighted by molar-refractivity contribution is -0.144. The maximum absolute atomic E-state index is 12.7. The first-order chi connectivity index (χ1) is 17.5. The Labute approximate surface area is 208 Å². The van der Waals surface area contributed by atoms with Crippen molar-refractivity contribution in [1.29, 1.82) is 0 Å². The molecule has 0 saturated carbocycles. The van der Waals surface area contributed by atoms with Gasteiger partial charge in [0.1, 0.15) is 23.2 Å². The Morgan fingerprint density at radius 2 is 1.72 bits per heavy atom. The Morgan fingerprint density at radius 1 is 1.00 bits per heavy atom. The number of pyridine rings is 2. The first kappa shape index (κ1) is 24.8. The van der Waals surface area contributed by atoms with Crippen molar-refractivity contribution in [1.82, 2.24) is 9.97 Å². The highest BCUT2D eigenvalue weighted by Crippen LogP contribution is 2.27. The highest BCUT2D eigenvalue weighted by molar-refractivity contribution is 5.86. The zero-order valence-corrected chi connectivity index (χ0v) is 20.5. The van der Waals surface area contributed by atoms with E-state index in [1.807, 2.05) is 38.1 Å². The molecule has 2 heterocycles. The Hall–Kier alpha value is -4.27. The Morgan fingerprint density at radius 3 is 2.42 bits per heavy atom. The minimum Gasteiger partial charge on any atom is -0.464 e. The molecule has 0 aliphatic carbocycles. The quantitative estimate of drug-likeness (QED) is 0.251. The summed E-state index contributed by atoms with van der Waals surface area (Å²) in [6.45, 7) is 6.87. The summed E-state index contributed by atoms with van der Waals surface area (Å²) in [5.74, 6) is 0.529. The maximum Gasteiger partial charge on any atom is 0.328 e. The largest absolute Gasteiger partial charge is 0.464 e. The monoisotopic (exact) mass is 488 g/mol. The van der Waals surface area contributed by atoms with Gasteiger partial charge in [0.25, 0.3) is 10.9 Å². The van der Waals surface area contributed by atoms with Crippen LogP contribution in [0.25, 0.3) is 10.8 Å². The molecule has 2 aromatic heterocycles. The van der Waals surface area contributed by atoms with Gasteiger partial charge in [-0.2, -0.15) is 0 Å². The van der Waals surface area contributed by atoms with Gasteiger partial charge in [0.15, 0.2) is 0 Å². The lowest BCUT2D eigenvalue weighted by atomic mass is 10.0. The van der Waals surface area contributed by atoms with Crippen LogP contribution in [-0.2, 0) is 16.0 Å². The topological polar surface area (TPSA) is 111 Å². The van der Waals surface area contributed by atoms with Crippen molar-refractivity contribution in [2.75, 3.05) is 29.9 Å². The number of carbonyl (C=O) groups excluding carboxylic acids is 1. The Kier molecular flexibility index (Phi) is 7.58. The van der Waals surface area contributed by atoms with Gasteiger partial charge in [0, 0.05) is 38.1 Å². The van der Waals surface area contributed by atoms with Crippen LogP contribution >= 0.6 is 0 Å². The van der Waals surface area contributed by atoms with E-state index < -0.39 is 22.9 Å². The number of aromatic nitrogens is 2. The molecule has 36 heavy (non-hydrogen) atoms. The first-order valence-corrected chi connectivity index (χ1v) is 11.9. The van der Waals surface area contributed by atoms with E-state index in [1.54, 1.807) is 42.5 Å². The minimum absolute atomic E-state index is 0.164. The molecule has 0 radical (unpaired) electrons. The minimum atomic E-state index is -0.833. The van der Waals surface area contributed by atoms with E-state index in [0.717, 1.165) is 16.3 Å². The summed E-state index contributed by atoms with van der Waals surface area (Å²) < 4.78 is 11.2. The summed E-state index contributed by atoms with van der Waals surface area (Å²) in [5, 5.41) is 4.75. The van der Waals surface area contributed by atoms with Crippen molar-refractivity contribution in [3.8, 4) is 11.6 Å². The van der Waals surface area contributed by atoms with Gasteiger partial charge < -0.3 is 19.7 Å². The first-order valence-electron chi connectivity index (χ1n) is 11.9. The summed E-state index contributed by atoms with van der Waals surface area (Å²) in [6, 6.07) is 10.2. The number of benzene rings is 1. The number of anilines is 2. The van der Waals surface area contributed by atoms with Crippen molar-refractivity contribution in [2.45, 2.75) is 33.2 Å². The molecule has 0 fully saturated rings. The molecule has 0 bridgehead atoms. The third-order valence-corrected chi connectivity index (χ3v) is 5.96. The second-order valence-corrected chi connectivity index (χ2v) is 8.17. The molecule has 4 aromatic rings. The van der Waals surface area contributed by atoms with Gasteiger partial charge in [-0.05, 0) is 56.0 Å². The van der Waals surface area contributed by atoms with Crippen LogP contribution < -0.4 is 25.8 Å². The number of esters is 1. The molecule has 0 spiro atoms. The van der Waals surface area contributed by atoms with Crippen molar-refractivity contribution in [3.63, 3.8) is 0 Å². The van der Waals surface area contributed by atoms with Crippen molar-refractivity contribution < 1.29 is 14.3 Å². The summed E-state index contributed by atoms with van der Waals surface area (Å²) in [5.41, 5.74) is 0.149. The number of fused-ring (bicyclic) bond motifs is 1. The van der Waals surface area contributed by atoms with Crippen molar-refractivity contribution >= 4 is 28.1 Å². The Bertz CT molecular complexity index is 1420. The zero-order valence-electron chi connectivity index (χ0n) is 20.5. The highest BCUT2D eigenvalue weighted by Gasteiger charge is 2.29. The average Bonchev–Trinajstić information content (AvgIpc) is 2.91. The summed E-state index contributed by atoms with van der Waals surface area (Å²) >= 11 is 0. The van der Waals surface area contributed by atoms with Gasteiger partial charge in [-0.25, -0.2) is 9.78 Å². The number of nitrogens with zero attached hydrogens (tertiary/aromatic N) is 3. The van der Waals surface area contributed by atoms with Crippen LogP contribution in [0.4, 0.5) is 11.4 Å². The molecule has 9 heteroatoms. The van der Waals surface area contributed by atoms with Crippen LogP contribution in [0.5, 0.6) is 11.6 Å². The van der Waals surface area contributed by atoms with Crippen molar-refractivity contribution in [2.24, 2.45) is 0 Å². The fourth-order valence-corrected chi connectivity index (χ4v) is 4.07. The fraction of sp³-hybridized carbons (Fsp3) is 0.296. The van der Waals surface area contributed by atoms with Gasteiger partial charge in [0.2, 0.25) is 5.88 Å². The van der Waals surface area contributed by atoms with Crippen LogP contribution in [0.2, 0.25) is 0 Å². The Balaban J connectivity index is 1.53. The van der Waals surface area contributed by atoms with Crippen molar-refractivity contribution in [3.05, 3.63) is 81.0 Å². The number of nitrogens with one attached hydrogen (secondary N) is 1. The number of hydrogen-bond donors (Lipinski definition) is 1. The molecule has 2 aromatic carbocycles.